The van der Waals surface area contributed by atoms with E-state index in [9.17, 15) is 0 Å². The molecule has 0 saturated heterocycles. The van der Waals surface area contributed by atoms with Crippen molar-refractivity contribution in [2.45, 2.75) is 76.6 Å². The quantitative estimate of drug-likeness (QED) is 0.342. The standard InChI is InChI=1S/C20H35NO3/c1-18(19-15-11-13-17-21-19)14-10-8-6-5-7-9-12-16-20(22-2,23-3)24-4/h11,13,15,17-18H,5-10,12,14,16H2,1-4H3. The van der Waals surface area contributed by atoms with Crippen LogP contribution in [-0.2, 0) is 14.2 Å². The van der Waals surface area contributed by atoms with Crippen molar-refractivity contribution in [1.29, 1.82) is 0 Å². The Labute approximate surface area is 147 Å². The maximum Gasteiger partial charge on any atom is 0.282 e. The first-order chi connectivity index (χ1) is 11.7. The van der Waals surface area contributed by atoms with Gasteiger partial charge in [-0.15, -0.1) is 0 Å². The maximum atomic E-state index is 5.31. The topological polar surface area (TPSA) is 40.6 Å². The smallest absolute Gasteiger partial charge is 0.282 e. The van der Waals surface area contributed by atoms with Crippen LogP contribution >= 0.6 is 0 Å². The molecule has 4 nitrogen and oxygen atoms in total. The fourth-order valence-electron chi connectivity index (χ4n) is 3.05. The fourth-order valence-corrected chi connectivity index (χ4v) is 3.05. The number of methoxy groups -OCH3 is 3. The molecule has 138 valence electrons. The third-order valence-corrected chi connectivity index (χ3v) is 4.75. The summed E-state index contributed by atoms with van der Waals surface area (Å²) >= 11 is 0. The minimum absolute atomic E-state index is 0.566. The predicted molar refractivity (Wildman–Crippen MR) is 98.0 cm³/mol. The molecule has 0 N–H and O–H groups in total. The van der Waals surface area contributed by atoms with Gasteiger partial charge in [0.2, 0.25) is 0 Å². The van der Waals surface area contributed by atoms with Gasteiger partial charge >= 0.3 is 0 Å². The van der Waals surface area contributed by atoms with E-state index in [0.717, 1.165) is 12.8 Å². The molecule has 24 heavy (non-hydrogen) atoms. The lowest BCUT2D eigenvalue weighted by Crippen LogP contribution is -2.35. The summed E-state index contributed by atoms with van der Waals surface area (Å²) in [6.07, 6.45) is 12.6. The zero-order valence-corrected chi connectivity index (χ0v) is 15.9. The molecule has 0 radical (unpaired) electrons. The second-order valence-corrected chi connectivity index (χ2v) is 6.46. The van der Waals surface area contributed by atoms with Gasteiger partial charge in [-0.1, -0.05) is 51.5 Å². The monoisotopic (exact) mass is 337 g/mol. The number of nitrogens with zero attached hydrogens (tertiary/aromatic N) is 1. The van der Waals surface area contributed by atoms with Crippen molar-refractivity contribution in [3.63, 3.8) is 0 Å². The van der Waals surface area contributed by atoms with Gasteiger partial charge in [0.15, 0.2) is 0 Å². The summed E-state index contributed by atoms with van der Waals surface area (Å²) in [6, 6.07) is 6.18. The van der Waals surface area contributed by atoms with Crippen LogP contribution in [0, 0.1) is 0 Å². The van der Waals surface area contributed by atoms with Crippen LogP contribution < -0.4 is 0 Å². The number of hydrogen-bond donors (Lipinski definition) is 0. The highest BCUT2D eigenvalue weighted by molar-refractivity contribution is 5.07. The number of rotatable bonds is 14. The van der Waals surface area contributed by atoms with Crippen molar-refractivity contribution in [3.05, 3.63) is 30.1 Å². The highest BCUT2D eigenvalue weighted by Gasteiger charge is 2.28. The van der Waals surface area contributed by atoms with E-state index >= 15 is 0 Å². The van der Waals surface area contributed by atoms with E-state index in [-0.39, 0.29) is 0 Å². The molecule has 0 fully saturated rings. The molecule has 4 heteroatoms. The summed E-state index contributed by atoms with van der Waals surface area (Å²) < 4.78 is 15.9. The van der Waals surface area contributed by atoms with Crippen molar-refractivity contribution in [2.24, 2.45) is 0 Å². The van der Waals surface area contributed by atoms with Gasteiger partial charge in [0.05, 0.1) is 0 Å². The second-order valence-electron chi connectivity index (χ2n) is 6.46. The summed E-state index contributed by atoms with van der Waals surface area (Å²) in [5, 5.41) is 0. The molecule has 1 atom stereocenters. The first-order valence-electron chi connectivity index (χ1n) is 9.24. The van der Waals surface area contributed by atoms with Crippen LogP contribution in [-0.4, -0.2) is 32.3 Å². The van der Waals surface area contributed by atoms with Crippen molar-refractivity contribution in [1.82, 2.24) is 4.98 Å². The van der Waals surface area contributed by atoms with E-state index in [1.165, 1.54) is 50.6 Å². The highest BCUT2D eigenvalue weighted by Crippen LogP contribution is 2.22. The van der Waals surface area contributed by atoms with Gasteiger partial charge < -0.3 is 14.2 Å². The molecular weight excluding hydrogens is 302 g/mol. The number of hydrogen-bond acceptors (Lipinski definition) is 4. The lowest BCUT2D eigenvalue weighted by molar-refractivity contribution is -0.355. The van der Waals surface area contributed by atoms with Gasteiger partial charge in [0.1, 0.15) is 0 Å². The molecule has 0 aromatic carbocycles. The largest absolute Gasteiger partial charge is 0.331 e. The van der Waals surface area contributed by atoms with Crippen LogP contribution in [0.4, 0.5) is 0 Å². The predicted octanol–water partition coefficient (Wildman–Crippen LogP) is 5.29. The number of unbranched alkanes of at least 4 members (excludes halogenated alkanes) is 6. The lowest BCUT2D eigenvalue weighted by atomic mass is 9.98. The van der Waals surface area contributed by atoms with E-state index < -0.39 is 5.97 Å². The van der Waals surface area contributed by atoms with Gasteiger partial charge in [-0.2, -0.15) is 0 Å². The Bertz CT molecular complexity index is 398. The summed E-state index contributed by atoms with van der Waals surface area (Å²) in [6.45, 7) is 2.27. The first-order valence-corrected chi connectivity index (χ1v) is 9.24. The van der Waals surface area contributed by atoms with Gasteiger partial charge in [-0.25, -0.2) is 0 Å². The molecule has 0 aliphatic carbocycles. The molecule has 0 bridgehead atoms. The normalized spacial score (nSPS) is 13.2. The van der Waals surface area contributed by atoms with Crippen molar-refractivity contribution >= 4 is 0 Å². The average Bonchev–Trinajstić information content (AvgIpc) is 2.64. The molecule has 1 aromatic rings. The van der Waals surface area contributed by atoms with Crippen LogP contribution in [0.5, 0.6) is 0 Å². The summed E-state index contributed by atoms with van der Waals surface area (Å²) in [7, 11) is 4.87. The van der Waals surface area contributed by atoms with Crippen LogP contribution in [0.1, 0.15) is 76.3 Å². The Balaban J connectivity index is 1.99. The number of pyridine rings is 1. The number of aromatic nitrogens is 1. The first kappa shape index (κ1) is 21.1. The maximum absolute atomic E-state index is 5.31. The molecule has 0 spiro atoms. The summed E-state index contributed by atoms with van der Waals surface area (Å²) in [4.78, 5) is 4.44. The van der Waals surface area contributed by atoms with Crippen LogP contribution in [0.25, 0.3) is 0 Å². The van der Waals surface area contributed by atoms with E-state index in [1.807, 2.05) is 12.3 Å². The van der Waals surface area contributed by atoms with Gasteiger partial charge in [0.25, 0.3) is 5.97 Å². The second kappa shape index (κ2) is 12.4. The van der Waals surface area contributed by atoms with Crippen molar-refractivity contribution in [2.75, 3.05) is 21.3 Å². The molecule has 1 heterocycles. The van der Waals surface area contributed by atoms with E-state index in [0.29, 0.717) is 5.92 Å². The molecule has 0 amide bonds. The number of ether oxygens (including phenoxy) is 3. The Kier molecular flexibility index (Phi) is 10.9. The Hall–Kier alpha value is -0.970. The fraction of sp³-hybridized carbons (Fsp3) is 0.750. The van der Waals surface area contributed by atoms with Crippen LogP contribution in [0.15, 0.2) is 24.4 Å². The van der Waals surface area contributed by atoms with E-state index in [2.05, 4.69) is 24.0 Å². The molecule has 1 rings (SSSR count). The van der Waals surface area contributed by atoms with Crippen molar-refractivity contribution in [3.8, 4) is 0 Å². The van der Waals surface area contributed by atoms with Crippen molar-refractivity contribution < 1.29 is 14.2 Å². The summed E-state index contributed by atoms with van der Waals surface area (Å²) in [5.41, 5.74) is 1.22. The SMILES string of the molecule is COC(CCCCCCCCCC(C)c1ccccn1)(OC)OC. The van der Waals surface area contributed by atoms with E-state index in [4.69, 9.17) is 14.2 Å². The summed E-state index contributed by atoms with van der Waals surface area (Å²) in [5.74, 6) is -0.293. The average molecular weight is 338 g/mol. The molecule has 0 saturated carbocycles. The van der Waals surface area contributed by atoms with Crippen LogP contribution in [0.2, 0.25) is 0 Å². The third kappa shape index (κ3) is 7.73. The molecule has 1 aromatic heterocycles. The van der Waals surface area contributed by atoms with Gasteiger partial charge in [-0.05, 0) is 30.9 Å². The van der Waals surface area contributed by atoms with Gasteiger partial charge in [-0.3, -0.25) is 4.98 Å². The third-order valence-electron chi connectivity index (χ3n) is 4.75. The Morgan fingerprint density at radius 2 is 1.46 bits per heavy atom. The van der Waals surface area contributed by atoms with Gasteiger partial charge in [0, 0.05) is 39.6 Å². The minimum Gasteiger partial charge on any atom is -0.331 e. The molecule has 0 aliphatic heterocycles. The Morgan fingerprint density at radius 3 is 2.00 bits per heavy atom. The lowest BCUT2D eigenvalue weighted by Gasteiger charge is -2.28. The van der Waals surface area contributed by atoms with E-state index in [1.54, 1.807) is 21.3 Å². The molecule has 1 unspecified atom stereocenters. The van der Waals surface area contributed by atoms with Crippen LogP contribution in [0.3, 0.4) is 0 Å². The zero-order chi connectivity index (χ0) is 17.7. The molecular formula is C20H35NO3. The minimum atomic E-state index is -0.860. The molecule has 0 aliphatic rings. The Morgan fingerprint density at radius 1 is 0.875 bits per heavy atom. The zero-order valence-electron chi connectivity index (χ0n) is 15.9. The highest BCUT2D eigenvalue weighted by atomic mass is 16.9.